The normalized spacial score (nSPS) is 11.6. The minimum atomic E-state index is -4.44. The van der Waals surface area contributed by atoms with Crippen molar-refractivity contribution < 1.29 is 22.7 Å². The Labute approximate surface area is 148 Å². The number of benzene rings is 2. The van der Waals surface area contributed by atoms with E-state index in [1.165, 1.54) is 18.2 Å². The molecule has 26 heavy (non-hydrogen) atoms. The fraction of sp³-hybridized carbons (Fsp3) is 0.158. The molecule has 0 heterocycles. The van der Waals surface area contributed by atoms with Crippen LogP contribution >= 0.6 is 0 Å². The quantitative estimate of drug-likeness (QED) is 0.624. The van der Waals surface area contributed by atoms with Gasteiger partial charge < -0.3 is 10.1 Å². The summed E-state index contributed by atoms with van der Waals surface area (Å²) in [7, 11) is 0. The third-order valence-corrected chi connectivity index (χ3v) is 3.35. The molecule has 7 heteroatoms. The maximum Gasteiger partial charge on any atom is 0.416 e. The lowest BCUT2D eigenvalue weighted by atomic mass is 10.1. The van der Waals surface area contributed by atoms with E-state index in [-0.39, 0.29) is 5.57 Å². The van der Waals surface area contributed by atoms with Gasteiger partial charge in [-0.1, -0.05) is 24.3 Å². The topological polar surface area (TPSA) is 62.1 Å². The number of alkyl halides is 3. The molecule has 4 nitrogen and oxygen atoms in total. The van der Waals surface area contributed by atoms with Crippen LogP contribution < -0.4 is 10.1 Å². The van der Waals surface area contributed by atoms with E-state index in [1.54, 1.807) is 37.3 Å². The Kier molecular flexibility index (Phi) is 6.02. The SMILES string of the molecule is CCOc1ccccc1NC(=O)/C(C#N)=C/c1ccc(C(F)(F)F)cc1. The monoisotopic (exact) mass is 360 g/mol. The number of anilines is 1. The maximum absolute atomic E-state index is 12.6. The number of nitrogens with one attached hydrogen (secondary N) is 1. The molecule has 1 N–H and O–H groups in total. The van der Waals surface area contributed by atoms with Gasteiger partial charge in [0.15, 0.2) is 0 Å². The summed E-state index contributed by atoms with van der Waals surface area (Å²) in [6, 6.07) is 12.7. The van der Waals surface area contributed by atoms with Gasteiger partial charge in [-0.2, -0.15) is 18.4 Å². The Morgan fingerprint density at radius 2 is 1.85 bits per heavy atom. The van der Waals surface area contributed by atoms with Crippen LogP contribution in [0.4, 0.5) is 18.9 Å². The summed E-state index contributed by atoms with van der Waals surface area (Å²) in [5.41, 5.74) is -0.338. The van der Waals surface area contributed by atoms with E-state index in [9.17, 15) is 23.2 Å². The van der Waals surface area contributed by atoms with E-state index in [0.29, 0.717) is 23.6 Å². The fourth-order valence-electron chi connectivity index (χ4n) is 2.12. The number of hydrogen-bond donors (Lipinski definition) is 1. The average Bonchev–Trinajstić information content (AvgIpc) is 2.61. The first-order chi connectivity index (χ1) is 12.3. The molecule has 2 aromatic carbocycles. The van der Waals surface area contributed by atoms with Crippen LogP contribution in [0.15, 0.2) is 54.1 Å². The van der Waals surface area contributed by atoms with Crippen LogP contribution in [0.2, 0.25) is 0 Å². The van der Waals surface area contributed by atoms with Gasteiger partial charge in [-0.3, -0.25) is 4.79 Å². The second-order valence-corrected chi connectivity index (χ2v) is 5.17. The summed E-state index contributed by atoms with van der Waals surface area (Å²) >= 11 is 0. The van der Waals surface area contributed by atoms with Crippen LogP contribution in [-0.4, -0.2) is 12.5 Å². The standard InChI is InChI=1S/C19H15F3N2O2/c1-2-26-17-6-4-3-5-16(17)24-18(25)14(12-23)11-13-7-9-15(10-8-13)19(20,21)22/h3-11H,2H2,1H3,(H,24,25)/b14-11+. The van der Waals surface area contributed by atoms with Gasteiger partial charge in [-0.05, 0) is 42.8 Å². The second-order valence-electron chi connectivity index (χ2n) is 5.17. The molecule has 0 unspecified atom stereocenters. The van der Waals surface area contributed by atoms with Crippen molar-refractivity contribution in [3.63, 3.8) is 0 Å². The molecular formula is C19H15F3N2O2. The lowest BCUT2D eigenvalue weighted by molar-refractivity contribution is -0.137. The fourth-order valence-corrected chi connectivity index (χ4v) is 2.12. The smallest absolute Gasteiger partial charge is 0.416 e. The number of nitrogens with zero attached hydrogens (tertiary/aromatic N) is 1. The Morgan fingerprint density at radius 3 is 2.42 bits per heavy atom. The van der Waals surface area contributed by atoms with Crippen molar-refractivity contribution in [2.45, 2.75) is 13.1 Å². The molecule has 0 bridgehead atoms. The summed E-state index contributed by atoms with van der Waals surface area (Å²) in [5.74, 6) is -0.227. The van der Waals surface area contributed by atoms with Gasteiger partial charge in [-0.25, -0.2) is 0 Å². The molecule has 0 aliphatic heterocycles. The lowest BCUT2D eigenvalue weighted by Crippen LogP contribution is -2.14. The Balaban J connectivity index is 2.21. The van der Waals surface area contributed by atoms with Gasteiger partial charge in [0.05, 0.1) is 17.9 Å². The second kappa shape index (κ2) is 8.21. The molecular weight excluding hydrogens is 345 g/mol. The number of amides is 1. The molecule has 0 spiro atoms. The summed E-state index contributed by atoms with van der Waals surface area (Å²) in [6.45, 7) is 2.20. The van der Waals surface area contributed by atoms with Gasteiger partial charge in [0.1, 0.15) is 17.4 Å². The van der Waals surface area contributed by atoms with Gasteiger partial charge >= 0.3 is 6.18 Å². The van der Waals surface area contributed by atoms with Crippen molar-refractivity contribution in [3.05, 3.63) is 65.2 Å². The molecule has 0 aromatic heterocycles. The van der Waals surface area contributed by atoms with Crippen molar-refractivity contribution in [2.75, 3.05) is 11.9 Å². The van der Waals surface area contributed by atoms with Gasteiger partial charge in [0, 0.05) is 0 Å². The molecule has 0 saturated carbocycles. The van der Waals surface area contributed by atoms with Crippen LogP contribution in [0.1, 0.15) is 18.1 Å². The molecule has 0 radical (unpaired) electrons. The van der Waals surface area contributed by atoms with Crippen LogP contribution in [0.5, 0.6) is 5.75 Å². The maximum atomic E-state index is 12.6. The zero-order valence-corrected chi connectivity index (χ0v) is 13.8. The highest BCUT2D eigenvalue weighted by Crippen LogP contribution is 2.29. The van der Waals surface area contributed by atoms with Crippen LogP contribution in [0.25, 0.3) is 6.08 Å². The predicted octanol–water partition coefficient (Wildman–Crippen LogP) is 4.65. The molecule has 0 atom stereocenters. The molecule has 2 aromatic rings. The first-order valence-electron chi connectivity index (χ1n) is 7.67. The van der Waals surface area contributed by atoms with E-state index < -0.39 is 17.6 Å². The zero-order valence-electron chi connectivity index (χ0n) is 13.8. The van der Waals surface area contributed by atoms with Gasteiger partial charge in [0.2, 0.25) is 0 Å². The van der Waals surface area contributed by atoms with Crippen molar-refractivity contribution in [2.24, 2.45) is 0 Å². The van der Waals surface area contributed by atoms with Crippen molar-refractivity contribution in [1.29, 1.82) is 5.26 Å². The number of rotatable bonds is 5. The van der Waals surface area contributed by atoms with Gasteiger partial charge in [-0.15, -0.1) is 0 Å². The third-order valence-electron chi connectivity index (χ3n) is 3.35. The molecule has 0 aliphatic carbocycles. The van der Waals surface area contributed by atoms with Crippen LogP contribution in [0, 0.1) is 11.3 Å². The number of carbonyl (C=O) groups excluding carboxylic acids is 1. The minimum Gasteiger partial charge on any atom is -0.492 e. The van der Waals surface area contributed by atoms with Crippen LogP contribution in [-0.2, 0) is 11.0 Å². The summed E-state index contributed by atoms with van der Waals surface area (Å²) in [5, 5.41) is 11.8. The predicted molar refractivity (Wildman–Crippen MR) is 91.3 cm³/mol. The molecule has 1 amide bonds. The highest BCUT2D eigenvalue weighted by molar-refractivity contribution is 6.10. The first-order valence-corrected chi connectivity index (χ1v) is 7.67. The van der Waals surface area contributed by atoms with Gasteiger partial charge in [0.25, 0.3) is 5.91 Å². The third kappa shape index (κ3) is 4.86. The summed E-state index contributed by atoms with van der Waals surface area (Å²) in [6.07, 6.45) is -3.22. The Bertz CT molecular complexity index is 850. The minimum absolute atomic E-state index is 0.240. The first kappa shape index (κ1) is 19.1. The van der Waals surface area contributed by atoms with Crippen molar-refractivity contribution in [1.82, 2.24) is 0 Å². The number of carbonyl (C=O) groups is 1. The van der Waals surface area contributed by atoms with E-state index in [4.69, 9.17) is 4.74 Å². The average molecular weight is 360 g/mol. The molecule has 0 fully saturated rings. The highest BCUT2D eigenvalue weighted by atomic mass is 19.4. The molecule has 2 rings (SSSR count). The van der Waals surface area contributed by atoms with Crippen molar-refractivity contribution in [3.8, 4) is 11.8 Å². The highest BCUT2D eigenvalue weighted by Gasteiger charge is 2.29. The zero-order chi connectivity index (χ0) is 19.2. The van der Waals surface area contributed by atoms with Crippen LogP contribution in [0.3, 0.4) is 0 Å². The Hall–Kier alpha value is -3.27. The molecule has 0 saturated heterocycles. The number of halogens is 3. The number of nitriles is 1. The number of hydrogen-bond acceptors (Lipinski definition) is 3. The number of para-hydroxylation sites is 2. The van der Waals surface area contributed by atoms with E-state index in [0.717, 1.165) is 12.1 Å². The largest absolute Gasteiger partial charge is 0.492 e. The summed E-state index contributed by atoms with van der Waals surface area (Å²) in [4.78, 5) is 12.3. The molecule has 134 valence electrons. The number of ether oxygens (including phenoxy) is 1. The lowest BCUT2D eigenvalue weighted by Gasteiger charge is -2.11. The van der Waals surface area contributed by atoms with E-state index >= 15 is 0 Å². The molecule has 0 aliphatic rings. The van der Waals surface area contributed by atoms with E-state index in [2.05, 4.69) is 5.32 Å². The van der Waals surface area contributed by atoms with Crippen molar-refractivity contribution >= 4 is 17.7 Å². The summed E-state index contributed by atoms with van der Waals surface area (Å²) < 4.78 is 43.1. The van der Waals surface area contributed by atoms with E-state index in [1.807, 2.05) is 0 Å². The Morgan fingerprint density at radius 1 is 1.19 bits per heavy atom.